The van der Waals surface area contributed by atoms with Crippen molar-refractivity contribution in [1.29, 1.82) is 0 Å². The predicted molar refractivity (Wildman–Crippen MR) is 89.0 cm³/mol. The summed E-state index contributed by atoms with van der Waals surface area (Å²) >= 11 is 0. The molecule has 4 heteroatoms. The van der Waals surface area contributed by atoms with Crippen LogP contribution in [-0.4, -0.2) is 42.6 Å². The zero-order chi connectivity index (χ0) is 15.7. The van der Waals surface area contributed by atoms with E-state index in [1.807, 2.05) is 0 Å². The first-order valence-electron chi connectivity index (χ1n) is 8.56. The number of hydrogen-bond acceptors (Lipinski definition) is 2. The second-order valence-electron chi connectivity index (χ2n) is 5.75. The molecule has 0 unspecified atom stereocenters. The Hall–Kier alpha value is -0.610. The van der Waals surface area contributed by atoms with Crippen LogP contribution in [0.1, 0.15) is 79.1 Å². The Kier molecular flexibility index (Phi) is 23.4. The van der Waals surface area contributed by atoms with Crippen LogP contribution in [0.25, 0.3) is 0 Å². The van der Waals surface area contributed by atoms with Gasteiger partial charge in [-0.05, 0) is 25.7 Å². The number of nitrogens with zero attached hydrogens (tertiary/aromatic N) is 1. The van der Waals surface area contributed by atoms with E-state index in [0.29, 0.717) is 0 Å². The normalized spacial score (nSPS) is 10.3. The SMILES string of the molecule is CCCC[N+](CCCC)(CCCC)CCCC.O.O=C[O-]. The summed E-state index contributed by atoms with van der Waals surface area (Å²) in [6.45, 7) is 14.5. The monoisotopic (exact) mass is 305 g/mol. The van der Waals surface area contributed by atoms with Crippen LogP contribution in [0.3, 0.4) is 0 Å². The Morgan fingerprint density at radius 2 is 0.905 bits per heavy atom. The number of hydrogen-bond donors (Lipinski definition) is 0. The summed E-state index contributed by atoms with van der Waals surface area (Å²) in [7, 11) is 0. The number of carbonyl (C=O) groups is 1. The number of carbonyl (C=O) groups excluding carboxylic acids is 1. The Bertz CT molecular complexity index is 161. The lowest BCUT2D eigenvalue weighted by atomic mass is 10.1. The molecule has 0 fully saturated rings. The molecule has 0 aliphatic rings. The number of rotatable bonds is 12. The van der Waals surface area contributed by atoms with Crippen molar-refractivity contribution in [1.82, 2.24) is 0 Å². The first-order valence-corrected chi connectivity index (χ1v) is 8.56. The van der Waals surface area contributed by atoms with Gasteiger partial charge in [0.25, 0.3) is 0 Å². The standard InChI is InChI=1S/C16H36N.CH2O2.H2O/c1-5-9-13-17(14-10-6-2,15-11-7-3)16-12-8-4;2-1-3;/h5-16H2,1-4H3;1H,(H,2,3);1H2/q+1;;/p-1. The largest absolute Gasteiger partial charge is 0.554 e. The smallest absolute Gasteiger partial charge is 0.0786 e. The molecule has 0 amide bonds. The van der Waals surface area contributed by atoms with Gasteiger partial charge in [-0.3, -0.25) is 0 Å². The molecule has 0 radical (unpaired) electrons. The van der Waals surface area contributed by atoms with E-state index in [2.05, 4.69) is 27.7 Å². The van der Waals surface area contributed by atoms with E-state index < -0.39 is 6.47 Å². The molecular weight excluding hydrogens is 266 g/mol. The Labute approximate surface area is 132 Å². The van der Waals surface area contributed by atoms with Crippen LogP contribution in [0.15, 0.2) is 0 Å². The lowest BCUT2D eigenvalue weighted by molar-refractivity contribution is -0.929. The van der Waals surface area contributed by atoms with Crippen molar-refractivity contribution in [3.8, 4) is 0 Å². The van der Waals surface area contributed by atoms with Crippen molar-refractivity contribution in [3.05, 3.63) is 0 Å². The van der Waals surface area contributed by atoms with Gasteiger partial charge in [0.15, 0.2) is 0 Å². The fraction of sp³-hybridized carbons (Fsp3) is 0.941. The van der Waals surface area contributed by atoms with Gasteiger partial charge in [-0.25, -0.2) is 0 Å². The summed E-state index contributed by atoms with van der Waals surface area (Å²) < 4.78 is 1.42. The van der Waals surface area contributed by atoms with Crippen molar-refractivity contribution in [2.45, 2.75) is 79.1 Å². The minimum atomic E-state index is -0.500. The summed E-state index contributed by atoms with van der Waals surface area (Å²) in [5, 5.41) is 8.25. The molecular formula is C17H39NO3. The van der Waals surface area contributed by atoms with Crippen LogP contribution in [0.5, 0.6) is 0 Å². The third-order valence-electron chi connectivity index (χ3n) is 3.94. The highest BCUT2D eigenvalue weighted by atomic mass is 16.3. The molecule has 0 atom stereocenters. The Morgan fingerprint density at radius 3 is 1.05 bits per heavy atom. The van der Waals surface area contributed by atoms with Crippen LogP contribution in [0, 0.1) is 0 Å². The maximum absolute atomic E-state index is 8.25. The molecule has 0 spiro atoms. The summed E-state index contributed by atoms with van der Waals surface area (Å²) in [5.74, 6) is 0. The molecule has 0 bridgehead atoms. The summed E-state index contributed by atoms with van der Waals surface area (Å²) in [4.78, 5) is 8.25. The third kappa shape index (κ3) is 15.6. The first-order chi connectivity index (χ1) is 9.66. The molecule has 21 heavy (non-hydrogen) atoms. The zero-order valence-electron chi connectivity index (χ0n) is 14.8. The fourth-order valence-corrected chi connectivity index (χ4v) is 2.64. The van der Waals surface area contributed by atoms with E-state index >= 15 is 0 Å². The highest BCUT2D eigenvalue weighted by Gasteiger charge is 2.24. The maximum atomic E-state index is 8.25. The van der Waals surface area contributed by atoms with Crippen LogP contribution in [0.2, 0.25) is 0 Å². The second-order valence-corrected chi connectivity index (χ2v) is 5.75. The van der Waals surface area contributed by atoms with Crippen molar-refractivity contribution in [3.63, 3.8) is 0 Å². The zero-order valence-corrected chi connectivity index (χ0v) is 14.8. The molecule has 0 aliphatic carbocycles. The average Bonchev–Trinajstić information content (AvgIpc) is 2.46. The maximum Gasteiger partial charge on any atom is 0.0786 e. The van der Waals surface area contributed by atoms with Crippen molar-refractivity contribution in [2.75, 3.05) is 26.2 Å². The predicted octanol–water partition coefficient (Wildman–Crippen LogP) is 2.55. The third-order valence-corrected chi connectivity index (χ3v) is 3.94. The van der Waals surface area contributed by atoms with E-state index in [4.69, 9.17) is 9.90 Å². The molecule has 2 N–H and O–H groups in total. The van der Waals surface area contributed by atoms with Crippen LogP contribution in [-0.2, 0) is 4.79 Å². The van der Waals surface area contributed by atoms with Gasteiger partial charge in [0.05, 0.1) is 26.2 Å². The van der Waals surface area contributed by atoms with Gasteiger partial charge in [0.1, 0.15) is 0 Å². The quantitative estimate of drug-likeness (QED) is 0.410. The van der Waals surface area contributed by atoms with Crippen molar-refractivity contribution in [2.24, 2.45) is 0 Å². The van der Waals surface area contributed by atoms with Gasteiger partial charge in [-0.15, -0.1) is 0 Å². The van der Waals surface area contributed by atoms with E-state index in [1.54, 1.807) is 0 Å². The molecule has 0 rings (SSSR count). The van der Waals surface area contributed by atoms with E-state index in [1.165, 1.54) is 82.0 Å². The summed E-state index contributed by atoms with van der Waals surface area (Å²) in [6, 6.07) is 0. The van der Waals surface area contributed by atoms with Crippen molar-refractivity contribution < 1.29 is 19.9 Å². The molecule has 0 aliphatic heterocycles. The molecule has 0 saturated heterocycles. The minimum absolute atomic E-state index is 0. The molecule has 0 aromatic rings. The van der Waals surface area contributed by atoms with E-state index in [0.717, 1.165) is 0 Å². The Morgan fingerprint density at radius 1 is 0.714 bits per heavy atom. The van der Waals surface area contributed by atoms with Crippen LogP contribution < -0.4 is 5.11 Å². The van der Waals surface area contributed by atoms with E-state index in [9.17, 15) is 0 Å². The lowest BCUT2D eigenvalue weighted by Gasteiger charge is -2.39. The van der Waals surface area contributed by atoms with Crippen LogP contribution in [0.4, 0.5) is 0 Å². The molecule has 0 heterocycles. The minimum Gasteiger partial charge on any atom is -0.554 e. The average molecular weight is 306 g/mol. The van der Waals surface area contributed by atoms with Gasteiger partial charge in [0, 0.05) is 6.47 Å². The molecule has 4 nitrogen and oxygen atoms in total. The molecule has 130 valence electrons. The number of quaternary nitrogens is 1. The van der Waals surface area contributed by atoms with Gasteiger partial charge in [-0.1, -0.05) is 53.4 Å². The molecule has 0 aromatic heterocycles. The van der Waals surface area contributed by atoms with Gasteiger partial charge < -0.3 is 19.9 Å². The van der Waals surface area contributed by atoms with E-state index in [-0.39, 0.29) is 5.48 Å². The number of carboxylic acid groups (broad SMARTS) is 1. The van der Waals surface area contributed by atoms with Crippen LogP contribution >= 0.6 is 0 Å². The van der Waals surface area contributed by atoms with Gasteiger partial charge in [0.2, 0.25) is 0 Å². The molecule has 0 saturated carbocycles. The van der Waals surface area contributed by atoms with Gasteiger partial charge >= 0.3 is 0 Å². The highest BCUT2D eigenvalue weighted by molar-refractivity contribution is 5.29. The lowest BCUT2D eigenvalue weighted by Crippen LogP contribution is -2.50. The second kappa shape index (κ2) is 19.4. The number of unbranched alkanes of at least 4 members (excludes halogenated alkanes) is 4. The first kappa shape index (κ1) is 25.3. The highest BCUT2D eigenvalue weighted by Crippen LogP contribution is 2.16. The molecule has 0 aromatic carbocycles. The van der Waals surface area contributed by atoms with Crippen molar-refractivity contribution >= 4 is 6.47 Å². The topological polar surface area (TPSA) is 71.6 Å². The van der Waals surface area contributed by atoms with Gasteiger partial charge in [-0.2, -0.15) is 0 Å². The summed E-state index contributed by atoms with van der Waals surface area (Å²) in [5.41, 5.74) is 0. The fourth-order valence-electron chi connectivity index (χ4n) is 2.64. The summed E-state index contributed by atoms with van der Waals surface area (Å²) in [6.07, 6.45) is 11.1. The Balaban J connectivity index is -0.000000740.